The molecule has 0 aromatic carbocycles. The predicted octanol–water partition coefficient (Wildman–Crippen LogP) is 2.55. The van der Waals surface area contributed by atoms with E-state index >= 15 is 0 Å². The van der Waals surface area contributed by atoms with Crippen molar-refractivity contribution in [3.63, 3.8) is 0 Å². The Morgan fingerprint density at radius 2 is 2.04 bits per heavy atom. The minimum atomic E-state index is 0.569. The number of halogens is 1. The van der Waals surface area contributed by atoms with E-state index in [1.165, 1.54) is 0 Å². The quantitative estimate of drug-likeness (QED) is 0.647. The van der Waals surface area contributed by atoms with Gasteiger partial charge in [0.05, 0.1) is 40.9 Å². The van der Waals surface area contributed by atoms with Gasteiger partial charge in [-0.15, -0.1) is 0 Å². The highest BCUT2D eigenvalue weighted by molar-refractivity contribution is 14.1. The lowest BCUT2D eigenvalue weighted by molar-refractivity contribution is 0.0360. The van der Waals surface area contributed by atoms with Gasteiger partial charge in [0.1, 0.15) is 12.1 Å². The molecule has 2 aromatic heterocycles. The summed E-state index contributed by atoms with van der Waals surface area (Å²) in [6, 6.07) is 0. The summed E-state index contributed by atoms with van der Waals surface area (Å²) in [4.78, 5) is 11.2. The fraction of sp³-hybridized carbons (Fsp3) is 0.588. The Morgan fingerprint density at radius 3 is 2.80 bits per heavy atom. The molecule has 0 atom stereocenters. The molecule has 2 aromatic rings. The molecule has 0 radical (unpaired) electrons. The van der Waals surface area contributed by atoms with Crippen molar-refractivity contribution >= 4 is 34.1 Å². The highest BCUT2D eigenvalue weighted by Gasteiger charge is 2.12. The van der Waals surface area contributed by atoms with Gasteiger partial charge in [-0.3, -0.25) is 9.58 Å². The first kappa shape index (κ1) is 18.5. The molecule has 0 unspecified atom stereocenters. The van der Waals surface area contributed by atoms with Crippen molar-refractivity contribution < 1.29 is 4.74 Å². The topological polar surface area (TPSA) is 68.1 Å². The van der Waals surface area contributed by atoms with Gasteiger partial charge in [-0.05, 0) is 34.9 Å². The molecule has 1 fully saturated rings. The minimum absolute atomic E-state index is 0.569. The third kappa shape index (κ3) is 5.35. The fourth-order valence-electron chi connectivity index (χ4n) is 2.78. The van der Waals surface area contributed by atoms with Crippen molar-refractivity contribution in [2.45, 2.75) is 26.8 Å². The number of nitrogens with zero attached hydrogens (tertiary/aromatic N) is 5. The maximum absolute atomic E-state index is 5.38. The van der Waals surface area contributed by atoms with Crippen LogP contribution in [0.4, 0.5) is 11.5 Å². The summed E-state index contributed by atoms with van der Waals surface area (Å²) in [5.74, 6) is 1.41. The van der Waals surface area contributed by atoms with Crippen molar-refractivity contribution in [1.29, 1.82) is 0 Å². The lowest BCUT2D eigenvalue weighted by Crippen LogP contribution is -2.38. The Bertz CT molecular complexity index is 684. The molecule has 0 bridgehead atoms. The Labute approximate surface area is 162 Å². The second-order valence-corrected chi connectivity index (χ2v) is 7.73. The number of morpholine rings is 1. The second-order valence-electron chi connectivity index (χ2n) is 6.65. The second kappa shape index (κ2) is 8.91. The van der Waals surface area contributed by atoms with E-state index < -0.39 is 0 Å². The predicted molar refractivity (Wildman–Crippen MR) is 106 cm³/mol. The fourth-order valence-corrected chi connectivity index (χ4v) is 3.41. The van der Waals surface area contributed by atoms with Gasteiger partial charge < -0.3 is 10.1 Å². The van der Waals surface area contributed by atoms with E-state index in [1.54, 1.807) is 6.33 Å². The van der Waals surface area contributed by atoms with Crippen molar-refractivity contribution in [3.05, 3.63) is 28.0 Å². The Balaban J connectivity index is 1.59. The molecule has 1 aliphatic heterocycles. The van der Waals surface area contributed by atoms with Crippen LogP contribution in [0.25, 0.3) is 0 Å². The van der Waals surface area contributed by atoms with Crippen LogP contribution in [0.3, 0.4) is 0 Å². The van der Waals surface area contributed by atoms with Crippen LogP contribution < -0.4 is 5.32 Å². The normalized spacial score (nSPS) is 15.7. The number of aromatic nitrogens is 4. The number of hydrogen-bond donors (Lipinski definition) is 1. The van der Waals surface area contributed by atoms with Gasteiger partial charge in [0.15, 0.2) is 0 Å². The number of anilines is 2. The number of rotatable bonds is 7. The van der Waals surface area contributed by atoms with Crippen molar-refractivity contribution in [2.24, 2.45) is 5.92 Å². The van der Waals surface area contributed by atoms with E-state index in [4.69, 9.17) is 4.74 Å². The zero-order valence-electron chi connectivity index (χ0n) is 14.8. The van der Waals surface area contributed by atoms with Crippen LogP contribution in [0.15, 0.2) is 18.7 Å². The first-order chi connectivity index (χ1) is 12.1. The maximum atomic E-state index is 5.38. The molecule has 0 spiro atoms. The molecule has 0 saturated carbocycles. The lowest BCUT2D eigenvalue weighted by atomic mass is 10.1. The molecule has 1 aliphatic rings. The van der Waals surface area contributed by atoms with Gasteiger partial charge in [-0.1, -0.05) is 13.8 Å². The van der Waals surface area contributed by atoms with Crippen molar-refractivity contribution in [2.75, 3.05) is 38.2 Å². The van der Waals surface area contributed by atoms with E-state index in [0.29, 0.717) is 5.92 Å². The molecular weight excluding hydrogens is 431 g/mol. The third-order valence-electron chi connectivity index (χ3n) is 4.11. The zero-order valence-corrected chi connectivity index (χ0v) is 16.9. The molecule has 136 valence electrons. The van der Waals surface area contributed by atoms with E-state index in [1.807, 2.05) is 17.1 Å². The summed E-state index contributed by atoms with van der Waals surface area (Å²) < 4.78 is 8.43. The van der Waals surface area contributed by atoms with E-state index in [2.05, 4.69) is 61.7 Å². The molecule has 3 rings (SSSR count). The van der Waals surface area contributed by atoms with Gasteiger partial charge >= 0.3 is 0 Å². The summed E-state index contributed by atoms with van der Waals surface area (Å²) in [6.07, 6.45) is 6.46. The Morgan fingerprint density at radius 1 is 1.24 bits per heavy atom. The van der Waals surface area contributed by atoms with Gasteiger partial charge in [0.2, 0.25) is 0 Å². The van der Waals surface area contributed by atoms with Crippen LogP contribution >= 0.6 is 22.6 Å². The summed E-state index contributed by atoms with van der Waals surface area (Å²) in [6.45, 7) is 9.94. The highest BCUT2D eigenvalue weighted by Crippen LogP contribution is 2.23. The zero-order chi connectivity index (χ0) is 17.6. The van der Waals surface area contributed by atoms with Gasteiger partial charge in [0.25, 0.3) is 0 Å². The average molecular weight is 456 g/mol. The Kier molecular flexibility index (Phi) is 6.60. The van der Waals surface area contributed by atoms with Crippen molar-refractivity contribution in [1.82, 2.24) is 24.6 Å². The van der Waals surface area contributed by atoms with Crippen LogP contribution in [0, 0.1) is 9.49 Å². The van der Waals surface area contributed by atoms with E-state index in [0.717, 1.165) is 66.6 Å². The van der Waals surface area contributed by atoms with Gasteiger partial charge in [-0.25, -0.2) is 9.97 Å². The van der Waals surface area contributed by atoms with Crippen LogP contribution in [0.2, 0.25) is 0 Å². The molecule has 1 N–H and O–H groups in total. The molecule has 25 heavy (non-hydrogen) atoms. The minimum Gasteiger partial charge on any atom is -0.379 e. The largest absolute Gasteiger partial charge is 0.379 e. The highest BCUT2D eigenvalue weighted by atomic mass is 127. The molecule has 0 aliphatic carbocycles. The smallest absolute Gasteiger partial charge is 0.147 e. The molecule has 0 amide bonds. The van der Waals surface area contributed by atoms with E-state index in [9.17, 15) is 0 Å². The number of ether oxygens (including phenoxy) is 1. The molecule has 8 heteroatoms. The summed E-state index contributed by atoms with van der Waals surface area (Å²) in [5.41, 5.74) is 2.04. The lowest BCUT2D eigenvalue weighted by Gasteiger charge is -2.26. The first-order valence-corrected chi connectivity index (χ1v) is 9.78. The maximum Gasteiger partial charge on any atom is 0.147 e. The van der Waals surface area contributed by atoms with Crippen LogP contribution in [0.5, 0.6) is 0 Å². The number of nitrogens with one attached hydrogen (secondary N) is 1. The average Bonchev–Trinajstić information content (AvgIpc) is 3.05. The monoisotopic (exact) mass is 456 g/mol. The summed E-state index contributed by atoms with van der Waals surface area (Å²) in [5, 5.41) is 7.82. The SMILES string of the molecule is CC(C)Cc1ncnc(Nc2cnn(CCN3CCOCC3)c2)c1I. The Hall–Kier alpha value is -1.26. The number of hydrogen-bond acceptors (Lipinski definition) is 6. The summed E-state index contributed by atoms with van der Waals surface area (Å²) >= 11 is 2.32. The molecular formula is C17H25IN6O. The summed E-state index contributed by atoms with van der Waals surface area (Å²) in [7, 11) is 0. The third-order valence-corrected chi connectivity index (χ3v) is 5.24. The molecule has 1 saturated heterocycles. The standard InChI is InChI=1S/C17H25IN6O/c1-13(2)9-15-16(18)17(20-12-19-15)22-14-10-21-24(11-14)4-3-23-5-7-25-8-6-23/h10-13H,3-9H2,1-2H3,(H,19,20,22). The van der Waals surface area contributed by atoms with Crippen molar-refractivity contribution in [3.8, 4) is 0 Å². The van der Waals surface area contributed by atoms with Gasteiger partial charge in [0, 0.05) is 25.8 Å². The van der Waals surface area contributed by atoms with E-state index in [-0.39, 0.29) is 0 Å². The molecule has 3 heterocycles. The first-order valence-electron chi connectivity index (χ1n) is 8.71. The van der Waals surface area contributed by atoms with Crippen LogP contribution in [-0.2, 0) is 17.7 Å². The van der Waals surface area contributed by atoms with Gasteiger partial charge in [-0.2, -0.15) is 5.10 Å². The van der Waals surface area contributed by atoms with Crippen LogP contribution in [-0.4, -0.2) is 57.5 Å². The van der Waals surface area contributed by atoms with Crippen LogP contribution in [0.1, 0.15) is 19.5 Å². The molecule has 7 nitrogen and oxygen atoms in total.